The summed E-state index contributed by atoms with van der Waals surface area (Å²) in [5, 5.41) is 3.20. The van der Waals surface area contributed by atoms with E-state index in [9.17, 15) is 4.79 Å². The van der Waals surface area contributed by atoms with Gasteiger partial charge >= 0.3 is 0 Å². The Hall–Kier alpha value is -1.19. The first-order valence-electron chi connectivity index (χ1n) is 4.26. The van der Waals surface area contributed by atoms with E-state index < -0.39 is 0 Å². The Bertz CT molecular complexity index is 663. The summed E-state index contributed by atoms with van der Waals surface area (Å²) in [6.07, 6.45) is 0. The molecular weight excluding hydrogens is 212 g/mol. The highest BCUT2D eigenvalue weighted by atomic mass is 32.9. The van der Waals surface area contributed by atoms with Crippen LogP contribution in [0.25, 0.3) is 20.9 Å². The molecule has 0 saturated heterocycles. The first kappa shape index (κ1) is 8.15. The van der Waals surface area contributed by atoms with E-state index in [0.29, 0.717) is 0 Å². The van der Waals surface area contributed by atoms with Gasteiger partial charge in [-0.05, 0) is 33.2 Å². The molecule has 0 amide bonds. The molecule has 2 aromatic carbocycles. The SMILES string of the molecule is O=c1ssc2cc3ccccc3cc12. The fraction of sp³-hybridized carbons (Fsp3) is 0. The molecule has 0 saturated carbocycles. The van der Waals surface area contributed by atoms with Gasteiger partial charge < -0.3 is 0 Å². The van der Waals surface area contributed by atoms with Crippen molar-refractivity contribution in [3.05, 3.63) is 45.9 Å². The second-order valence-electron chi connectivity index (χ2n) is 3.15. The van der Waals surface area contributed by atoms with Gasteiger partial charge in [0.15, 0.2) is 0 Å². The number of hydrogen-bond donors (Lipinski definition) is 0. The van der Waals surface area contributed by atoms with Crippen molar-refractivity contribution in [2.24, 2.45) is 0 Å². The lowest BCUT2D eigenvalue weighted by Gasteiger charge is -1.95. The Morgan fingerprint density at radius 3 is 2.43 bits per heavy atom. The molecule has 0 N–H and O–H groups in total. The smallest absolute Gasteiger partial charge is 0.250 e. The van der Waals surface area contributed by atoms with Crippen LogP contribution in [0.1, 0.15) is 0 Å². The van der Waals surface area contributed by atoms with Crippen molar-refractivity contribution < 1.29 is 0 Å². The average molecular weight is 218 g/mol. The third kappa shape index (κ3) is 1.10. The second-order valence-corrected chi connectivity index (χ2v) is 5.29. The fourth-order valence-electron chi connectivity index (χ4n) is 1.58. The maximum atomic E-state index is 11.5. The number of fused-ring (bicyclic) bond motifs is 2. The summed E-state index contributed by atoms with van der Waals surface area (Å²) < 4.78 is 1.27. The van der Waals surface area contributed by atoms with Crippen LogP contribution in [0.2, 0.25) is 0 Å². The largest absolute Gasteiger partial charge is 0.276 e. The minimum absolute atomic E-state index is 0.177. The first-order chi connectivity index (χ1) is 6.84. The predicted octanol–water partition coefficient (Wildman–Crippen LogP) is 3.48. The molecule has 3 aromatic rings. The van der Waals surface area contributed by atoms with Crippen LogP contribution in [-0.4, -0.2) is 0 Å². The van der Waals surface area contributed by atoms with Gasteiger partial charge in [-0.2, -0.15) is 0 Å². The molecule has 0 aliphatic rings. The highest BCUT2D eigenvalue weighted by Crippen LogP contribution is 2.25. The Kier molecular flexibility index (Phi) is 1.69. The minimum Gasteiger partial charge on any atom is -0.276 e. The Morgan fingerprint density at radius 1 is 0.929 bits per heavy atom. The van der Waals surface area contributed by atoms with Crippen LogP contribution < -0.4 is 4.74 Å². The molecule has 14 heavy (non-hydrogen) atoms. The number of hydrogen-bond acceptors (Lipinski definition) is 3. The third-order valence-electron chi connectivity index (χ3n) is 2.27. The third-order valence-corrected chi connectivity index (χ3v) is 4.49. The molecule has 0 atom stereocenters. The summed E-state index contributed by atoms with van der Waals surface area (Å²) in [7, 11) is 2.87. The minimum atomic E-state index is 0.177. The van der Waals surface area contributed by atoms with Crippen LogP contribution >= 0.6 is 20.7 Å². The van der Waals surface area contributed by atoms with Gasteiger partial charge in [0, 0.05) is 0 Å². The summed E-state index contributed by atoms with van der Waals surface area (Å²) in [6, 6.07) is 12.2. The summed E-state index contributed by atoms with van der Waals surface area (Å²) in [4.78, 5) is 11.5. The monoisotopic (exact) mass is 218 g/mol. The van der Waals surface area contributed by atoms with Crippen molar-refractivity contribution in [1.82, 2.24) is 0 Å². The molecule has 68 valence electrons. The van der Waals surface area contributed by atoms with E-state index in [2.05, 4.69) is 12.1 Å². The first-order valence-corrected chi connectivity index (χ1v) is 6.41. The lowest BCUT2D eigenvalue weighted by molar-refractivity contribution is 1.81. The van der Waals surface area contributed by atoms with Crippen molar-refractivity contribution in [1.29, 1.82) is 0 Å². The van der Waals surface area contributed by atoms with E-state index in [1.54, 1.807) is 10.3 Å². The molecule has 1 heterocycles. The van der Waals surface area contributed by atoms with Crippen LogP contribution in [0, 0.1) is 0 Å². The van der Waals surface area contributed by atoms with Gasteiger partial charge in [0.05, 0.1) is 10.1 Å². The fourth-order valence-corrected chi connectivity index (χ4v) is 3.66. The summed E-state index contributed by atoms with van der Waals surface area (Å²) in [5.74, 6) is 0. The van der Waals surface area contributed by atoms with E-state index in [1.165, 1.54) is 15.7 Å². The highest BCUT2D eigenvalue weighted by Gasteiger charge is 2.02. The van der Waals surface area contributed by atoms with Gasteiger partial charge in [-0.25, -0.2) is 0 Å². The molecule has 0 unspecified atom stereocenters. The highest BCUT2D eigenvalue weighted by molar-refractivity contribution is 7.71. The molecule has 0 aliphatic heterocycles. The van der Waals surface area contributed by atoms with Crippen LogP contribution in [0.4, 0.5) is 0 Å². The quantitative estimate of drug-likeness (QED) is 0.528. The van der Waals surface area contributed by atoms with E-state index in [-0.39, 0.29) is 4.74 Å². The van der Waals surface area contributed by atoms with E-state index >= 15 is 0 Å². The lowest BCUT2D eigenvalue weighted by atomic mass is 10.1. The lowest BCUT2D eigenvalue weighted by Crippen LogP contribution is -1.86. The van der Waals surface area contributed by atoms with Crippen LogP contribution in [0.5, 0.6) is 0 Å². The van der Waals surface area contributed by atoms with Crippen LogP contribution in [0.15, 0.2) is 41.2 Å². The van der Waals surface area contributed by atoms with Gasteiger partial charge in [0.25, 0.3) is 4.74 Å². The maximum Gasteiger partial charge on any atom is 0.250 e. The van der Waals surface area contributed by atoms with Crippen LogP contribution in [0.3, 0.4) is 0 Å². The van der Waals surface area contributed by atoms with Gasteiger partial charge in [0.1, 0.15) is 0 Å². The van der Waals surface area contributed by atoms with Crippen molar-refractivity contribution in [3.8, 4) is 0 Å². The average Bonchev–Trinajstić information content (AvgIpc) is 2.57. The van der Waals surface area contributed by atoms with E-state index in [1.807, 2.05) is 24.3 Å². The zero-order valence-corrected chi connectivity index (χ0v) is 8.82. The molecule has 0 radical (unpaired) electrons. The summed E-state index contributed by atoms with van der Waals surface area (Å²) in [5.41, 5.74) is 0. The predicted molar refractivity (Wildman–Crippen MR) is 63.5 cm³/mol. The molecule has 1 nitrogen and oxygen atoms in total. The molecule has 0 aliphatic carbocycles. The van der Waals surface area contributed by atoms with Crippen molar-refractivity contribution in [2.45, 2.75) is 0 Å². The van der Waals surface area contributed by atoms with Gasteiger partial charge in [-0.1, -0.05) is 34.6 Å². The molecule has 0 bridgehead atoms. The van der Waals surface area contributed by atoms with Crippen molar-refractivity contribution >= 4 is 41.5 Å². The number of benzene rings is 2. The standard InChI is InChI=1S/C11H6OS2/c12-11-9-5-7-3-1-2-4-8(7)6-10(9)13-14-11/h1-6H. The zero-order valence-electron chi connectivity index (χ0n) is 7.19. The van der Waals surface area contributed by atoms with Crippen molar-refractivity contribution in [3.63, 3.8) is 0 Å². The maximum absolute atomic E-state index is 11.5. The molecule has 3 heteroatoms. The van der Waals surface area contributed by atoms with Gasteiger partial charge in [-0.3, -0.25) is 4.79 Å². The molecule has 0 spiro atoms. The summed E-state index contributed by atoms with van der Waals surface area (Å²) >= 11 is 0. The van der Waals surface area contributed by atoms with Crippen molar-refractivity contribution in [2.75, 3.05) is 0 Å². The normalized spacial score (nSPS) is 11.1. The van der Waals surface area contributed by atoms with Gasteiger partial charge in [0.2, 0.25) is 0 Å². The molecular formula is C11H6OS2. The van der Waals surface area contributed by atoms with Crippen LogP contribution in [-0.2, 0) is 0 Å². The Balaban J connectivity index is 2.61. The van der Waals surface area contributed by atoms with E-state index in [4.69, 9.17) is 0 Å². The summed E-state index contributed by atoms with van der Waals surface area (Å²) in [6.45, 7) is 0. The molecule has 3 rings (SSSR count). The van der Waals surface area contributed by atoms with Gasteiger partial charge in [-0.15, -0.1) is 0 Å². The second kappa shape index (κ2) is 2.90. The number of rotatable bonds is 0. The Morgan fingerprint density at radius 2 is 1.64 bits per heavy atom. The van der Waals surface area contributed by atoms with E-state index in [0.717, 1.165) is 15.5 Å². The molecule has 1 aromatic heterocycles. The molecule has 0 fully saturated rings. The Labute approximate surface area is 87.6 Å². The topological polar surface area (TPSA) is 17.1 Å². The zero-order chi connectivity index (χ0) is 9.54.